The molecule has 18 nitrogen and oxygen atoms in total. The van der Waals surface area contributed by atoms with Gasteiger partial charge in [-0.1, -0.05) is 41.0 Å². The fourth-order valence-electron chi connectivity index (χ4n) is 5.16. The van der Waals surface area contributed by atoms with Gasteiger partial charge in [0, 0.05) is 19.4 Å². The molecule has 1 aliphatic rings. The zero-order valence-electron chi connectivity index (χ0n) is 28.6. The Bertz CT molecular complexity index is 1240. The van der Waals surface area contributed by atoms with E-state index in [1.165, 1.54) is 4.90 Å². The number of likely N-dealkylation sites (tertiary alicyclic amines) is 1. The van der Waals surface area contributed by atoms with Crippen molar-refractivity contribution in [1.82, 2.24) is 26.2 Å². The highest BCUT2D eigenvalue weighted by molar-refractivity contribution is 5.96. The molecule has 2 unspecified atom stereocenters. The molecule has 1 saturated heterocycles. The number of amides is 5. The van der Waals surface area contributed by atoms with Gasteiger partial charge in [0.1, 0.15) is 30.2 Å². The van der Waals surface area contributed by atoms with E-state index in [0.29, 0.717) is 12.8 Å². The average molecular weight is 700 g/mol. The number of hydrogen-bond acceptors (Lipinski definition) is 10. The van der Waals surface area contributed by atoms with Crippen LogP contribution in [0.5, 0.6) is 0 Å². The van der Waals surface area contributed by atoms with E-state index >= 15 is 0 Å². The highest BCUT2D eigenvalue weighted by Crippen LogP contribution is 2.22. The van der Waals surface area contributed by atoms with Crippen LogP contribution in [-0.4, -0.2) is 116 Å². The van der Waals surface area contributed by atoms with Crippen molar-refractivity contribution in [1.29, 1.82) is 0 Å². The zero-order chi connectivity index (χ0) is 37.6. The molecule has 0 bridgehead atoms. The molecule has 49 heavy (non-hydrogen) atoms. The van der Waals surface area contributed by atoms with Crippen LogP contribution >= 0.6 is 0 Å². The Kier molecular flexibility index (Phi) is 17.2. The van der Waals surface area contributed by atoms with Crippen molar-refractivity contribution in [2.24, 2.45) is 11.8 Å². The van der Waals surface area contributed by atoms with Crippen LogP contribution in [0.15, 0.2) is 0 Å². The summed E-state index contributed by atoms with van der Waals surface area (Å²) in [5.74, 6) is -10.9. The minimum atomic E-state index is -1.89. The molecule has 0 aromatic rings. The van der Waals surface area contributed by atoms with E-state index < -0.39 is 114 Å². The zero-order valence-corrected chi connectivity index (χ0v) is 28.6. The Hall–Kier alpha value is -4.77. The van der Waals surface area contributed by atoms with Crippen LogP contribution in [0.2, 0.25) is 0 Å². The van der Waals surface area contributed by atoms with Crippen molar-refractivity contribution in [3.05, 3.63) is 0 Å². The average Bonchev–Trinajstić information content (AvgIpc) is 3.50. The summed E-state index contributed by atoms with van der Waals surface area (Å²) in [5.41, 5.74) is 0. The Morgan fingerprint density at radius 3 is 1.88 bits per heavy atom. The summed E-state index contributed by atoms with van der Waals surface area (Å²) in [6.45, 7) is 9.48. The van der Waals surface area contributed by atoms with Crippen LogP contribution in [0.25, 0.3) is 0 Å². The molecule has 0 aromatic heterocycles. The fraction of sp³-hybridized carbons (Fsp3) is 0.710. The molecule has 276 valence electrons. The summed E-state index contributed by atoms with van der Waals surface area (Å²) in [4.78, 5) is 114. The number of aliphatic carboxylic acids is 3. The van der Waals surface area contributed by atoms with Crippen LogP contribution in [0.3, 0.4) is 0 Å². The Balaban J connectivity index is 3.23. The lowest BCUT2D eigenvalue weighted by atomic mass is 9.98. The largest absolute Gasteiger partial charge is 0.481 e. The number of esters is 1. The maximum absolute atomic E-state index is 13.8. The standard InChI is InChI=1S/C31H49N5O13/c1-7-10-18(30(46)47)33-27(43)21-11-9-12-36(21)29(45)24(15(3)4)35-28(44)25(16(5)8-2)49-31(48)20(14-23(40)41)34-26(42)19(13-22(38)39)32-17(6)37/h15-16,18-21,24-25H,7-14H2,1-6H3,(H,32,37)(H,33,43)(H,34,42)(H,35,44)(H,38,39)(H,40,41)(H,46,47)/t16-,18+,19+,20+,21?,24?,25+/m1/s1. The maximum atomic E-state index is 13.8. The van der Waals surface area contributed by atoms with Gasteiger partial charge in [0.05, 0.1) is 12.8 Å². The minimum absolute atomic E-state index is 0.170. The third-order valence-electron chi connectivity index (χ3n) is 7.98. The van der Waals surface area contributed by atoms with Crippen LogP contribution < -0.4 is 21.3 Å². The van der Waals surface area contributed by atoms with Gasteiger partial charge in [-0.15, -0.1) is 0 Å². The third-order valence-corrected chi connectivity index (χ3v) is 7.98. The number of carbonyl (C=O) groups is 9. The molecule has 0 spiro atoms. The first-order valence-corrected chi connectivity index (χ1v) is 16.2. The maximum Gasteiger partial charge on any atom is 0.330 e. The quantitative estimate of drug-likeness (QED) is 0.0782. The summed E-state index contributed by atoms with van der Waals surface area (Å²) in [7, 11) is 0. The lowest BCUT2D eigenvalue weighted by Crippen LogP contribution is -2.58. The predicted octanol–water partition coefficient (Wildman–Crippen LogP) is -0.615. The molecule has 1 heterocycles. The van der Waals surface area contributed by atoms with Gasteiger partial charge in [0.2, 0.25) is 23.6 Å². The number of hydrogen-bond donors (Lipinski definition) is 7. The topological polar surface area (TPSA) is 275 Å². The van der Waals surface area contributed by atoms with Gasteiger partial charge in [-0.05, 0) is 31.6 Å². The second kappa shape index (κ2) is 19.9. The molecule has 1 aliphatic heterocycles. The third kappa shape index (κ3) is 13.3. The van der Waals surface area contributed by atoms with Crippen molar-refractivity contribution >= 4 is 53.4 Å². The number of carboxylic acid groups (broad SMARTS) is 3. The molecule has 0 aromatic carbocycles. The number of ether oxygens (including phenoxy) is 1. The number of rotatable bonds is 20. The van der Waals surface area contributed by atoms with Gasteiger partial charge in [0.25, 0.3) is 5.91 Å². The first kappa shape index (κ1) is 42.3. The van der Waals surface area contributed by atoms with Crippen LogP contribution in [0.1, 0.15) is 86.5 Å². The normalized spacial score (nSPS) is 17.8. The van der Waals surface area contributed by atoms with Crippen LogP contribution in [-0.2, 0) is 47.9 Å². The number of nitrogens with zero attached hydrogens (tertiary/aromatic N) is 1. The SMILES string of the molecule is CCC[C@H](NC(=O)C1CCCN1C(=O)C(NC(=O)[C@@H](OC(=O)[C@H](CC(=O)O)NC(=O)[C@H](CC(=O)O)NC(C)=O)[C@H](C)CC)C(C)C)C(=O)O. The van der Waals surface area contributed by atoms with E-state index in [-0.39, 0.29) is 25.8 Å². The summed E-state index contributed by atoms with van der Waals surface area (Å²) >= 11 is 0. The van der Waals surface area contributed by atoms with Crippen LogP contribution in [0, 0.1) is 11.8 Å². The van der Waals surface area contributed by atoms with E-state index in [4.69, 9.17) is 9.84 Å². The second-order valence-corrected chi connectivity index (χ2v) is 12.4. The fourth-order valence-corrected chi connectivity index (χ4v) is 5.16. The molecule has 7 atom stereocenters. The molecule has 7 N–H and O–H groups in total. The lowest BCUT2D eigenvalue weighted by Gasteiger charge is -2.32. The molecule has 0 aliphatic carbocycles. The van der Waals surface area contributed by atoms with Crippen LogP contribution in [0.4, 0.5) is 0 Å². The van der Waals surface area contributed by atoms with Crippen molar-refractivity contribution in [3.63, 3.8) is 0 Å². The van der Waals surface area contributed by atoms with Crippen molar-refractivity contribution < 1.29 is 63.2 Å². The smallest absolute Gasteiger partial charge is 0.330 e. The van der Waals surface area contributed by atoms with Crippen molar-refractivity contribution in [2.45, 2.75) is 123 Å². The van der Waals surface area contributed by atoms with Crippen molar-refractivity contribution in [3.8, 4) is 0 Å². The summed E-state index contributed by atoms with van der Waals surface area (Å²) < 4.78 is 5.43. The summed E-state index contributed by atoms with van der Waals surface area (Å²) in [5, 5.41) is 37.2. The predicted molar refractivity (Wildman–Crippen MR) is 169 cm³/mol. The van der Waals surface area contributed by atoms with E-state index in [9.17, 15) is 53.4 Å². The summed E-state index contributed by atoms with van der Waals surface area (Å²) in [6.07, 6.45) is -1.76. The second-order valence-electron chi connectivity index (χ2n) is 12.4. The monoisotopic (exact) mass is 699 g/mol. The Labute approximate surface area is 284 Å². The van der Waals surface area contributed by atoms with Gasteiger partial charge in [-0.25, -0.2) is 9.59 Å². The molecule has 1 rings (SSSR count). The molecule has 18 heteroatoms. The highest BCUT2D eigenvalue weighted by atomic mass is 16.6. The number of carbonyl (C=O) groups excluding carboxylic acids is 6. The molecule has 0 radical (unpaired) electrons. The molecular formula is C31H49N5O13. The van der Waals surface area contributed by atoms with E-state index in [2.05, 4.69) is 21.3 Å². The number of carboxylic acids is 3. The Morgan fingerprint density at radius 2 is 1.39 bits per heavy atom. The minimum Gasteiger partial charge on any atom is -0.481 e. The molecule has 0 saturated carbocycles. The Morgan fingerprint density at radius 1 is 0.796 bits per heavy atom. The van der Waals surface area contributed by atoms with E-state index in [1.54, 1.807) is 34.6 Å². The van der Waals surface area contributed by atoms with E-state index in [1.807, 2.05) is 0 Å². The first-order valence-electron chi connectivity index (χ1n) is 16.2. The molecular weight excluding hydrogens is 650 g/mol. The lowest BCUT2D eigenvalue weighted by molar-refractivity contribution is -0.164. The highest BCUT2D eigenvalue weighted by Gasteiger charge is 2.41. The van der Waals surface area contributed by atoms with E-state index in [0.717, 1.165) is 6.92 Å². The first-order chi connectivity index (χ1) is 22.8. The van der Waals surface area contributed by atoms with Crippen molar-refractivity contribution in [2.75, 3.05) is 6.54 Å². The summed E-state index contributed by atoms with van der Waals surface area (Å²) in [6, 6.07) is -6.85. The van der Waals surface area contributed by atoms with Gasteiger partial charge in [-0.3, -0.25) is 33.6 Å². The molecule has 5 amide bonds. The van der Waals surface area contributed by atoms with Gasteiger partial charge in [-0.2, -0.15) is 0 Å². The van der Waals surface area contributed by atoms with Gasteiger partial charge < -0.3 is 46.2 Å². The molecule has 1 fully saturated rings. The van der Waals surface area contributed by atoms with Gasteiger partial charge in [0.15, 0.2) is 6.10 Å². The number of nitrogens with one attached hydrogen (secondary N) is 4. The van der Waals surface area contributed by atoms with Gasteiger partial charge >= 0.3 is 23.9 Å².